The zero-order valence-corrected chi connectivity index (χ0v) is 16.6. The number of nitrogens with zero attached hydrogens (tertiary/aromatic N) is 1. The maximum Gasteiger partial charge on any atom is 0.334 e. The molecule has 0 aliphatic heterocycles. The molecule has 1 atom stereocenters. The van der Waals surface area contributed by atoms with Gasteiger partial charge in [-0.05, 0) is 12.8 Å². The van der Waals surface area contributed by atoms with E-state index in [0.717, 1.165) is 36.4 Å². The second-order valence-corrected chi connectivity index (χ2v) is 8.36. The molecule has 8 heteroatoms. The predicted octanol–water partition coefficient (Wildman–Crippen LogP) is 2.27. The molecule has 0 aromatic carbocycles. The van der Waals surface area contributed by atoms with Gasteiger partial charge in [0.25, 0.3) is 0 Å². The molecular weight excluding hydrogens is 346 g/mol. The Balaban J connectivity index is 4.32. The molecule has 0 saturated heterocycles. The number of ether oxygens (including phenoxy) is 2. The largest absolute Gasteiger partial charge is 0.462 e. The van der Waals surface area contributed by atoms with Crippen LogP contribution in [-0.4, -0.2) is 57.2 Å². The fourth-order valence-corrected chi connectivity index (χ4v) is 2.67. The lowest BCUT2D eigenvalue weighted by Gasteiger charge is -2.17. The normalized spacial score (nSPS) is 12.7. The summed E-state index contributed by atoms with van der Waals surface area (Å²) in [6, 6.07) is 0. The van der Waals surface area contributed by atoms with E-state index in [1.807, 2.05) is 6.92 Å². The maximum absolute atomic E-state index is 11.9. The van der Waals surface area contributed by atoms with Crippen molar-refractivity contribution in [2.75, 3.05) is 26.5 Å². The highest BCUT2D eigenvalue weighted by molar-refractivity contribution is 7.89. The summed E-state index contributed by atoms with van der Waals surface area (Å²) in [5, 5.41) is 0. The average molecular weight is 378 g/mol. The zero-order chi connectivity index (χ0) is 19.5. The molecule has 0 N–H and O–H groups in total. The Morgan fingerprint density at radius 3 is 2.28 bits per heavy atom. The molecule has 0 aromatic heterocycles. The molecule has 0 aliphatic rings. The number of esters is 2. The van der Waals surface area contributed by atoms with Crippen LogP contribution in [0.15, 0.2) is 12.2 Å². The maximum atomic E-state index is 11.9. The third kappa shape index (κ3) is 10.2. The number of carbonyl (C=O) groups excluding carboxylic acids is 2. The van der Waals surface area contributed by atoms with Gasteiger partial charge in [0.2, 0.25) is 10.0 Å². The second kappa shape index (κ2) is 12.0. The molecule has 0 bridgehead atoms. The molecule has 146 valence electrons. The van der Waals surface area contributed by atoms with E-state index in [1.54, 1.807) is 0 Å². The SMILES string of the molecule is C=C(CC(=O)OC(CCC)CCCC)C(=O)OCCS(=O)(=O)N(C)C. The minimum Gasteiger partial charge on any atom is -0.462 e. The third-order valence-corrected chi connectivity index (χ3v) is 5.36. The van der Waals surface area contributed by atoms with Crippen LogP contribution in [0.4, 0.5) is 0 Å². The van der Waals surface area contributed by atoms with E-state index < -0.39 is 22.0 Å². The summed E-state index contributed by atoms with van der Waals surface area (Å²) in [6.45, 7) is 7.32. The molecule has 0 heterocycles. The summed E-state index contributed by atoms with van der Waals surface area (Å²) in [5.41, 5.74) is -0.0435. The number of hydrogen-bond acceptors (Lipinski definition) is 6. The molecule has 0 fully saturated rings. The van der Waals surface area contributed by atoms with Crippen molar-refractivity contribution >= 4 is 22.0 Å². The lowest BCUT2D eigenvalue weighted by Crippen LogP contribution is -2.28. The lowest BCUT2D eigenvalue weighted by molar-refractivity contribution is -0.151. The molecule has 0 aromatic rings. The summed E-state index contributed by atoms with van der Waals surface area (Å²) < 4.78 is 34.4. The van der Waals surface area contributed by atoms with E-state index in [-0.39, 0.29) is 30.5 Å². The first kappa shape index (κ1) is 23.6. The van der Waals surface area contributed by atoms with Gasteiger partial charge in [-0.2, -0.15) is 0 Å². The predicted molar refractivity (Wildman–Crippen MR) is 96.5 cm³/mol. The van der Waals surface area contributed by atoms with Crippen molar-refractivity contribution in [1.82, 2.24) is 4.31 Å². The van der Waals surface area contributed by atoms with Crippen LogP contribution in [-0.2, 0) is 29.1 Å². The van der Waals surface area contributed by atoms with Crippen LogP contribution in [0.1, 0.15) is 52.4 Å². The van der Waals surface area contributed by atoms with Crippen molar-refractivity contribution in [3.63, 3.8) is 0 Å². The Morgan fingerprint density at radius 1 is 1.12 bits per heavy atom. The van der Waals surface area contributed by atoms with Gasteiger partial charge in [-0.25, -0.2) is 17.5 Å². The summed E-state index contributed by atoms with van der Waals surface area (Å²) in [5.74, 6) is -1.62. The Morgan fingerprint density at radius 2 is 1.76 bits per heavy atom. The number of rotatable bonds is 13. The van der Waals surface area contributed by atoms with Crippen LogP contribution in [0.25, 0.3) is 0 Å². The van der Waals surface area contributed by atoms with Crippen LogP contribution in [0.3, 0.4) is 0 Å². The van der Waals surface area contributed by atoms with E-state index in [9.17, 15) is 18.0 Å². The van der Waals surface area contributed by atoms with E-state index in [2.05, 4.69) is 13.5 Å². The van der Waals surface area contributed by atoms with Gasteiger partial charge < -0.3 is 9.47 Å². The first-order valence-electron chi connectivity index (χ1n) is 8.58. The molecule has 0 spiro atoms. The first-order valence-corrected chi connectivity index (χ1v) is 10.2. The third-order valence-electron chi connectivity index (χ3n) is 3.57. The monoisotopic (exact) mass is 377 g/mol. The van der Waals surface area contributed by atoms with Gasteiger partial charge >= 0.3 is 11.9 Å². The quantitative estimate of drug-likeness (QED) is 0.361. The lowest BCUT2D eigenvalue weighted by atomic mass is 10.1. The van der Waals surface area contributed by atoms with Gasteiger partial charge in [0.15, 0.2) is 0 Å². The Labute approximate surface area is 151 Å². The molecule has 0 amide bonds. The Kier molecular flexibility index (Phi) is 11.3. The molecule has 0 radical (unpaired) electrons. The number of carbonyl (C=O) groups is 2. The van der Waals surface area contributed by atoms with Gasteiger partial charge in [0.05, 0.1) is 12.2 Å². The molecule has 7 nitrogen and oxygen atoms in total. The fraction of sp³-hybridized carbons (Fsp3) is 0.765. The van der Waals surface area contributed by atoms with Crippen LogP contribution in [0.5, 0.6) is 0 Å². The van der Waals surface area contributed by atoms with Crippen LogP contribution < -0.4 is 0 Å². The van der Waals surface area contributed by atoms with Gasteiger partial charge in [0.1, 0.15) is 12.7 Å². The smallest absolute Gasteiger partial charge is 0.334 e. The highest BCUT2D eigenvalue weighted by Gasteiger charge is 2.19. The van der Waals surface area contributed by atoms with Gasteiger partial charge in [0, 0.05) is 19.7 Å². The molecule has 1 unspecified atom stereocenters. The summed E-state index contributed by atoms with van der Waals surface area (Å²) in [6.07, 6.45) is 4.08. The Bertz CT molecular complexity index is 541. The van der Waals surface area contributed by atoms with Crippen LogP contribution in [0.2, 0.25) is 0 Å². The van der Waals surface area contributed by atoms with E-state index in [4.69, 9.17) is 9.47 Å². The van der Waals surface area contributed by atoms with Gasteiger partial charge in [-0.15, -0.1) is 0 Å². The van der Waals surface area contributed by atoms with Crippen LogP contribution >= 0.6 is 0 Å². The van der Waals surface area contributed by atoms with Crippen molar-refractivity contribution in [2.45, 2.75) is 58.5 Å². The van der Waals surface area contributed by atoms with Gasteiger partial charge in [-0.1, -0.05) is 39.7 Å². The first-order chi connectivity index (χ1) is 11.6. The standard InChI is InChI=1S/C17H31NO6S/c1-6-8-10-15(9-7-2)24-16(19)13-14(3)17(20)23-11-12-25(21,22)18(4)5/h15H,3,6-13H2,1-2,4-5H3. The molecule has 0 rings (SSSR count). The fourth-order valence-electron chi connectivity index (χ4n) is 2.01. The highest BCUT2D eigenvalue weighted by Crippen LogP contribution is 2.13. The number of hydrogen-bond donors (Lipinski definition) is 0. The molecule has 0 aliphatic carbocycles. The zero-order valence-electron chi connectivity index (χ0n) is 15.7. The van der Waals surface area contributed by atoms with E-state index in [1.165, 1.54) is 14.1 Å². The van der Waals surface area contributed by atoms with E-state index in [0.29, 0.717) is 0 Å². The topological polar surface area (TPSA) is 90.0 Å². The summed E-state index contributed by atoms with van der Waals surface area (Å²) >= 11 is 0. The Hall–Kier alpha value is -1.41. The summed E-state index contributed by atoms with van der Waals surface area (Å²) in [4.78, 5) is 23.7. The molecule has 0 saturated carbocycles. The second-order valence-electron chi connectivity index (χ2n) is 6.06. The van der Waals surface area contributed by atoms with Crippen molar-refractivity contribution in [3.8, 4) is 0 Å². The highest BCUT2D eigenvalue weighted by atomic mass is 32.2. The van der Waals surface area contributed by atoms with E-state index >= 15 is 0 Å². The minimum atomic E-state index is -3.44. The van der Waals surface area contributed by atoms with Crippen LogP contribution in [0, 0.1) is 0 Å². The summed E-state index contributed by atoms with van der Waals surface area (Å²) in [7, 11) is -0.639. The molecular formula is C17H31NO6S. The van der Waals surface area contributed by atoms with Crippen molar-refractivity contribution in [1.29, 1.82) is 0 Å². The van der Waals surface area contributed by atoms with Gasteiger partial charge in [-0.3, -0.25) is 4.79 Å². The minimum absolute atomic E-state index is 0.0435. The number of unbranched alkanes of at least 4 members (excludes halogenated alkanes) is 1. The van der Waals surface area contributed by atoms with Crippen molar-refractivity contribution in [3.05, 3.63) is 12.2 Å². The van der Waals surface area contributed by atoms with Crippen molar-refractivity contribution in [2.24, 2.45) is 0 Å². The van der Waals surface area contributed by atoms with Crippen molar-refractivity contribution < 1.29 is 27.5 Å². The molecule has 25 heavy (non-hydrogen) atoms. The average Bonchev–Trinajstić information content (AvgIpc) is 2.52. The number of sulfonamides is 1.